The Balaban J connectivity index is 1.80. The van der Waals surface area contributed by atoms with Crippen molar-refractivity contribution >= 4 is 35.1 Å². The van der Waals surface area contributed by atoms with E-state index in [0.29, 0.717) is 31.6 Å². The summed E-state index contributed by atoms with van der Waals surface area (Å²) >= 11 is 0. The number of cyclic esters (lactones) is 1. The normalized spacial score (nSPS) is 16.2. The number of aryl methyl sites for hydroxylation is 1. The second kappa shape index (κ2) is 17.9. The van der Waals surface area contributed by atoms with Crippen LogP contribution >= 0.6 is 0 Å². The minimum Gasteiger partial charge on any atom is -0.453 e. The molecule has 0 radical (unpaired) electrons. The molecular formula is C34H41NO10. The Bertz CT molecular complexity index is 1360. The molecule has 0 spiro atoms. The van der Waals surface area contributed by atoms with Crippen LogP contribution in [0.1, 0.15) is 43.4 Å². The number of rotatable bonds is 18. The molecule has 0 saturated carbocycles. The number of amides is 2. The molecule has 1 saturated heterocycles. The molecule has 1 aliphatic rings. The monoisotopic (exact) mass is 623 g/mol. The van der Waals surface area contributed by atoms with Crippen LogP contribution in [0, 0.1) is 12.8 Å². The fourth-order valence-corrected chi connectivity index (χ4v) is 4.92. The molecule has 3 atom stereocenters. The van der Waals surface area contributed by atoms with E-state index < -0.39 is 41.8 Å². The van der Waals surface area contributed by atoms with Crippen molar-refractivity contribution in [1.29, 1.82) is 0 Å². The second-order valence-electron chi connectivity index (χ2n) is 10.8. The Morgan fingerprint density at radius 3 is 2.40 bits per heavy atom. The van der Waals surface area contributed by atoms with Gasteiger partial charge < -0.3 is 24.1 Å². The first-order valence-corrected chi connectivity index (χ1v) is 15.0. The largest absolute Gasteiger partial charge is 0.453 e. The number of ether oxygens (including phenoxy) is 4. The molecule has 11 heteroatoms. The number of aliphatic hydroxyl groups is 1. The lowest BCUT2D eigenvalue weighted by Gasteiger charge is -2.26. The van der Waals surface area contributed by atoms with Crippen LogP contribution in [-0.2, 0) is 44.5 Å². The van der Waals surface area contributed by atoms with E-state index >= 15 is 0 Å². The fraction of sp³-hybridized carbons (Fsp3) is 0.441. The number of ketones is 2. The highest BCUT2D eigenvalue weighted by molar-refractivity contribution is 6.25. The molecule has 1 fully saturated rings. The highest BCUT2D eigenvalue weighted by atomic mass is 16.6. The number of esters is 1. The molecule has 0 bridgehead atoms. The molecule has 11 nitrogen and oxygen atoms in total. The maximum Gasteiger partial charge on any atom is 0.416 e. The zero-order chi connectivity index (χ0) is 32.8. The Labute approximate surface area is 263 Å². The minimum atomic E-state index is -1.59. The summed E-state index contributed by atoms with van der Waals surface area (Å²) in [5.41, 5.74) is 2.36. The Hall–Kier alpha value is -4.19. The number of imide groups is 1. The molecule has 3 rings (SSSR count). The third-order valence-corrected chi connectivity index (χ3v) is 7.15. The van der Waals surface area contributed by atoms with Crippen molar-refractivity contribution in [2.75, 3.05) is 39.6 Å². The van der Waals surface area contributed by atoms with Crippen molar-refractivity contribution < 1.29 is 48.0 Å². The number of hydrogen-bond donors (Lipinski definition) is 1. The molecular weight excluding hydrogens is 582 g/mol. The molecule has 1 N–H and O–H groups in total. The van der Waals surface area contributed by atoms with Crippen LogP contribution in [0.5, 0.6) is 0 Å². The first-order chi connectivity index (χ1) is 21.6. The second-order valence-corrected chi connectivity index (χ2v) is 10.8. The molecule has 0 aliphatic carbocycles. The number of Topliss-reactive ketones (excluding diaryl/α,β-unsaturated/α-hetero) is 1. The van der Waals surface area contributed by atoms with Gasteiger partial charge in [-0.1, -0.05) is 60.2 Å². The average Bonchev–Trinajstić information content (AvgIpc) is 3.38. The van der Waals surface area contributed by atoms with Gasteiger partial charge in [0.2, 0.25) is 5.91 Å². The lowest BCUT2D eigenvalue weighted by Crippen LogP contribution is -2.48. The molecule has 0 aromatic heterocycles. The topological polar surface area (TPSA) is 146 Å². The van der Waals surface area contributed by atoms with Crippen molar-refractivity contribution in [2.45, 2.75) is 52.2 Å². The molecule has 242 valence electrons. The molecule has 45 heavy (non-hydrogen) atoms. The van der Waals surface area contributed by atoms with E-state index in [9.17, 15) is 24.0 Å². The summed E-state index contributed by atoms with van der Waals surface area (Å²) < 4.78 is 21.1. The van der Waals surface area contributed by atoms with Crippen molar-refractivity contribution in [1.82, 2.24) is 4.90 Å². The highest BCUT2D eigenvalue weighted by Gasteiger charge is 2.43. The quantitative estimate of drug-likeness (QED) is 0.149. The first-order valence-electron chi connectivity index (χ1n) is 15.0. The summed E-state index contributed by atoms with van der Waals surface area (Å²) in [6, 6.07) is 15.7. The molecule has 2 amide bonds. The van der Waals surface area contributed by atoms with Gasteiger partial charge in [0.15, 0.2) is 17.7 Å². The summed E-state index contributed by atoms with van der Waals surface area (Å²) in [5.74, 6) is -3.87. The van der Waals surface area contributed by atoms with E-state index in [1.54, 1.807) is 18.2 Å². The van der Waals surface area contributed by atoms with Gasteiger partial charge in [-0.2, -0.15) is 0 Å². The Morgan fingerprint density at radius 1 is 1.02 bits per heavy atom. The summed E-state index contributed by atoms with van der Waals surface area (Å²) in [6.45, 7) is 5.40. The number of carbonyl (C=O) groups excluding carboxylic acids is 5. The zero-order valence-electron chi connectivity index (χ0n) is 25.9. The molecule has 2 aromatic carbocycles. The first kappa shape index (κ1) is 35.3. The number of nitrogens with zero attached hydrogens (tertiary/aromatic N) is 1. The van der Waals surface area contributed by atoms with Gasteiger partial charge in [-0.15, -0.1) is 0 Å². The van der Waals surface area contributed by atoms with Crippen LogP contribution in [-0.4, -0.2) is 91.3 Å². The van der Waals surface area contributed by atoms with Crippen LogP contribution in [0.25, 0.3) is 5.57 Å². The van der Waals surface area contributed by atoms with E-state index in [4.69, 9.17) is 24.1 Å². The molecule has 0 unspecified atom stereocenters. The lowest BCUT2D eigenvalue weighted by molar-refractivity contribution is -0.158. The molecule has 2 aromatic rings. The third kappa shape index (κ3) is 10.7. The fourth-order valence-electron chi connectivity index (χ4n) is 4.92. The van der Waals surface area contributed by atoms with E-state index in [0.717, 1.165) is 29.0 Å². The zero-order valence-corrected chi connectivity index (χ0v) is 25.9. The smallest absolute Gasteiger partial charge is 0.416 e. The summed E-state index contributed by atoms with van der Waals surface area (Å²) in [4.78, 5) is 66.5. The Morgan fingerprint density at radius 2 is 1.73 bits per heavy atom. The van der Waals surface area contributed by atoms with Crippen molar-refractivity contribution in [3.05, 3.63) is 77.4 Å². The van der Waals surface area contributed by atoms with Crippen LogP contribution in [0.15, 0.2) is 60.7 Å². The maximum absolute atomic E-state index is 13.7. The van der Waals surface area contributed by atoms with Crippen molar-refractivity contribution in [2.24, 2.45) is 5.92 Å². The van der Waals surface area contributed by atoms with E-state index in [1.807, 2.05) is 43.3 Å². The van der Waals surface area contributed by atoms with Gasteiger partial charge in [-0.3, -0.25) is 19.2 Å². The number of carbonyl (C=O) groups is 5. The van der Waals surface area contributed by atoms with Gasteiger partial charge in [-0.25, -0.2) is 9.69 Å². The third-order valence-electron chi connectivity index (χ3n) is 7.15. The number of allylic oxidation sites excluding steroid dienone is 1. The standard InChI is InChI=1S/C34H41NO10/c1-23-9-7-12-27(19-23)29(30(38)13-8-15-42-17-18-43-16-14-36)21-31(39)32(45-25(3)37)24(2)33(40)35-28(22-44-34(35)41)20-26-10-5-4-6-11-26/h4-7,9-12,19,21,24,28,32,36H,8,13-18,20,22H2,1-3H3/t24-,28-,32-/m0/s1. The van der Waals surface area contributed by atoms with E-state index in [1.165, 1.54) is 6.92 Å². The van der Waals surface area contributed by atoms with E-state index in [-0.39, 0.29) is 44.2 Å². The van der Waals surface area contributed by atoms with Gasteiger partial charge >= 0.3 is 12.1 Å². The van der Waals surface area contributed by atoms with Gasteiger partial charge in [-0.05, 0) is 43.9 Å². The SMILES string of the molecule is CC(=O)O[C@H](C(=O)C=C(C(=O)CCCOCCOCCO)c1cccc(C)c1)[C@H](C)C(=O)N1C(=O)OC[C@@H]1Cc1ccccc1. The predicted octanol–water partition coefficient (Wildman–Crippen LogP) is 3.48. The maximum atomic E-state index is 13.7. The molecule has 1 aliphatic heterocycles. The minimum absolute atomic E-state index is 0.0102. The van der Waals surface area contributed by atoms with Gasteiger partial charge in [0.1, 0.15) is 6.61 Å². The van der Waals surface area contributed by atoms with Crippen molar-refractivity contribution in [3.8, 4) is 0 Å². The lowest BCUT2D eigenvalue weighted by atomic mass is 9.92. The van der Waals surface area contributed by atoms with Gasteiger partial charge in [0, 0.05) is 25.5 Å². The predicted molar refractivity (Wildman–Crippen MR) is 164 cm³/mol. The Kier molecular flexibility index (Phi) is 14.1. The number of aliphatic hydroxyl groups excluding tert-OH is 1. The van der Waals surface area contributed by atoms with Gasteiger partial charge in [0.25, 0.3) is 0 Å². The summed E-state index contributed by atoms with van der Waals surface area (Å²) in [6.07, 6.45) is -0.522. The van der Waals surface area contributed by atoms with Crippen LogP contribution in [0.3, 0.4) is 0 Å². The summed E-state index contributed by atoms with van der Waals surface area (Å²) in [5, 5.41) is 8.75. The highest BCUT2D eigenvalue weighted by Crippen LogP contribution is 2.25. The van der Waals surface area contributed by atoms with Crippen LogP contribution in [0.2, 0.25) is 0 Å². The van der Waals surface area contributed by atoms with Gasteiger partial charge in [0.05, 0.1) is 38.4 Å². The van der Waals surface area contributed by atoms with Crippen LogP contribution in [0.4, 0.5) is 4.79 Å². The number of hydrogen-bond acceptors (Lipinski definition) is 10. The van der Waals surface area contributed by atoms with Crippen LogP contribution < -0.4 is 0 Å². The molecule has 1 heterocycles. The summed E-state index contributed by atoms with van der Waals surface area (Å²) in [7, 11) is 0. The number of benzene rings is 2. The average molecular weight is 624 g/mol. The van der Waals surface area contributed by atoms with Crippen molar-refractivity contribution in [3.63, 3.8) is 0 Å². The van der Waals surface area contributed by atoms with E-state index in [2.05, 4.69) is 0 Å².